The van der Waals surface area contributed by atoms with Crippen LogP contribution in [0.15, 0.2) is 18.2 Å². The van der Waals surface area contributed by atoms with E-state index >= 15 is 0 Å². The molecule has 1 amide bonds. The lowest BCUT2D eigenvalue weighted by Gasteiger charge is -2.34. The molecule has 0 spiro atoms. The molecule has 1 unspecified atom stereocenters. The molecule has 1 saturated heterocycles. The van der Waals surface area contributed by atoms with E-state index in [0.29, 0.717) is 29.7 Å². The molecule has 3 rings (SSSR count). The van der Waals surface area contributed by atoms with Gasteiger partial charge in [0.2, 0.25) is 5.91 Å². The van der Waals surface area contributed by atoms with E-state index in [1.54, 1.807) is 17.0 Å². The number of amides is 1. The average Bonchev–Trinajstić information content (AvgIpc) is 3.20. The van der Waals surface area contributed by atoms with E-state index in [0.717, 1.165) is 18.4 Å². The summed E-state index contributed by atoms with van der Waals surface area (Å²) in [6.45, 7) is 1.61. The molecule has 1 aliphatic carbocycles. The van der Waals surface area contributed by atoms with Crippen molar-refractivity contribution in [2.24, 2.45) is 5.73 Å². The standard InChI is InChI=1S/C14H16Cl2N2O2.ClH/c15-10-2-1-9(7-11(10)16)12-8-18(5-6-20-12)13(19)14(17)3-4-14;/h1-2,7,12H,3-6,8,17H2;1H. The van der Waals surface area contributed by atoms with Gasteiger partial charge in [0.05, 0.1) is 28.7 Å². The van der Waals surface area contributed by atoms with Crippen LogP contribution in [0.1, 0.15) is 24.5 Å². The molecule has 4 nitrogen and oxygen atoms in total. The fraction of sp³-hybridized carbons (Fsp3) is 0.500. The summed E-state index contributed by atoms with van der Waals surface area (Å²) < 4.78 is 5.74. The van der Waals surface area contributed by atoms with Crippen molar-refractivity contribution in [2.45, 2.75) is 24.5 Å². The molecular formula is C14H17Cl3N2O2. The van der Waals surface area contributed by atoms with Gasteiger partial charge >= 0.3 is 0 Å². The minimum Gasteiger partial charge on any atom is -0.370 e. The molecule has 1 saturated carbocycles. The highest BCUT2D eigenvalue weighted by Crippen LogP contribution is 2.36. The molecule has 1 atom stereocenters. The first-order valence-electron chi connectivity index (χ1n) is 6.64. The lowest BCUT2D eigenvalue weighted by Crippen LogP contribution is -2.50. The van der Waals surface area contributed by atoms with Crippen LogP contribution in [0.3, 0.4) is 0 Å². The van der Waals surface area contributed by atoms with Crippen LogP contribution in [0.5, 0.6) is 0 Å². The van der Waals surface area contributed by atoms with Crippen LogP contribution in [-0.2, 0) is 9.53 Å². The van der Waals surface area contributed by atoms with Gasteiger partial charge in [-0.25, -0.2) is 0 Å². The van der Waals surface area contributed by atoms with Gasteiger partial charge in [-0.05, 0) is 30.5 Å². The Morgan fingerprint density at radius 3 is 2.67 bits per heavy atom. The number of ether oxygens (including phenoxy) is 1. The van der Waals surface area contributed by atoms with E-state index < -0.39 is 5.54 Å². The number of halogens is 3. The molecule has 0 aromatic heterocycles. The Morgan fingerprint density at radius 1 is 1.33 bits per heavy atom. The molecule has 1 aromatic rings. The number of hydrogen-bond acceptors (Lipinski definition) is 3. The topological polar surface area (TPSA) is 55.6 Å². The first-order valence-corrected chi connectivity index (χ1v) is 7.40. The lowest BCUT2D eigenvalue weighted by molar-refractivity contribution is -0.141. The summed E-state index contributed by atoms with van der Waals surface area (Å²) in [7, 11) is 0. The maximum atomic E-state index is 12.3. The Balaban J connectivity index is 0.00000161. The van der Waals surface area contributed by atoms with E-state index in [4.69, 9.17) is 33.7 Å². The minimum absolute atomic E-state index is 0. The monoisotopic (exact) mass is 350 g/mol. The maximum Gasteiger partial charge on any atom is 0.242 e. The van der Waals surface area contributed by atoms with Crippen LogP contribution in [-0.4, -0.2) is 36.0 Å². The Morgan fingerprint density at radius 2 is 2.05 bits per heavy atom. The summed E-state index contributed by atoms with van der Waals surface area (Å²) in [4.78, 5) is 14.1. The first kappa shape index (κ1) is 16.8. The van der Waals surface area contributed by atoms with Crippen LogP contribution < -0.4 is 5.73 Å². The molecule has 2 aliphatic rings. The smallest absolute Gasteiger partial charge is 0.242 e. The predicted molar refractivity (Wildman–Crippen MR) is 85.1 cm³/mol. The van der Waals surface area contributed by atoms with Gasteiger partial charge in [-0.2, -0.15) is 0 Å². The largest absolute Gasteiger partial charge is 0.370 e. The first-order chi connectivity index (χ1) is 9.49. The Kier molecular flexibility index (Phi) is 5.06. The molecule has 1 aromatic carbocycles. The normalized spacial score (nSPS) is 23.4. The van der Waals surface area contributed by atoms with Gasteiger partial charge < -0.3 is 15.4 Å². The number of carbonyl (C=O) groups is 1. The third-order valence-corrected chi connectivity index (χ3v) is 4.62. The number of benzene rings is 1. The zero-order valence-corrected chi connectivity index (χ0v) is 13.7. The van der Waals surface area contributed by atoms with Crippen molar-refractivity contribution < 1.29 is 9.53 Å². The van der Waals surface area contributed by atoms with Crippen LogP contribution in [0.4, 0.5) is 0 Å². The molecule has 0 bridgehead atoms. The van der Waals surface area contributed by atoms with Crippen molar-refractivity contribution in [2.75, 3.05) is 19.7 Å². The highest BCUT2D eigenvalue weighted by atomic mass is 35.5. The highest BCUT2D eigenvalue weighted by Gasteiger charge is 2.48. The predicted octanol–water partition coefficient (Wildman–Crippen LogP) is 2.81. The van der Waals surface area contributed by atoms with Crippen LogP contribution >= 0.6 is 35.6 Å². The molecular weight excluding hydrogens is 335 g/mol. The van der Waals surface area contributed by atoms with E-state index in [1.807, 2.05) is 6.07 Å². The molecule has 0 radical (unpaired) electrons. The number of hydrogen-bond donors (Lipinski definition) is 1. The number of rotatable bonds is 2. The third kappa shape index (κ3) is 3.46. The molecule has 1 heterocycles. The van der Waals surface area contributed by atoms with Crippen molar-refractivity contribution in [1.29, 1.82) is 0 Å². The number of nitrogens with zero attached hydrogens (tertiary/aromatic N) is 1. The number of carbonyl (C=O) groups excluding carboxylic acids is 1. The quantitative estimate of drug-likeness (QED) is 0.891. The van der Waals surface area contributed by atoms with E-state index in [2.05, 4.69) is 0 Å². The molecule has 2 fully saturated rings. The van der Waals surface area contributed by atoms with Crippen molar-refractivity contribution >= 4 is 41.5 Å². The number of nitrogens with two attached hydrogens (primary N) is 1. The summed E-state index contributed by atoms with van der Waals surface area (Å²) in [6, 6.07) is 5.41. The van der Waals surface area contributed by atoms with Gasteiger partial charge in [0.1, 0.15) is 6.10 Å². The molecule has 7 heteroatoms. The zero-order chi connectivity index (χ0) is 14.3. The maximum absolute atomic E-state index is 12.3. The van der Waals surface area contributed by atoms with Gasteiger partial charge in [-0.3, -0.25) is 4.79 Å². The average molecular weight is 352 g/mol. The SMILES string of the molecule is Cl.NC1(C(=O)N2CCOC(c3ccc(Cl)c(Cl)c3)C2)CC1. The van der Waals surface area contributed by atoms with Gasteiger partial charge in [0, 0.05) is 6.54 Å². The van der Waals surface area contributed by atoms with E-state index in [-0.39, 0.29) is 24.4 Å². The fourth-order valence-electron chi connectivity index (χ4n) is 2.41. The van der Waals surface area contributed by atoms with Gasteiger partial charge in [0.15, 0.2) is 0 Å². The zero-order valence-electron chi connectivity index (χ0n) is 11.4. The summed E-state index contributed by atoms with van der Waals surface area (Å²) in [5, 5.41) is 1.01. The van der Waals surface area contributed by atoms with Crippen LogP contribution in [0.25, 0.3) is 0 Å². The van der Waals surface area contributed by atoms with E-state index in [9.17, 15) is 4.79 Å². The summed E-state index contributed by atoms with van der Waals surface area (Å²) in [6.07, 6.45) is 1.38. The highest BCUT2D eigenvalue weighted by molar-refractivity contribution is 6.42. The van der Waals surface area contributed by atoms with Crippen molar-refractivity contribution in [3.8, 4) is 0 Å². The van der Waals surface area contributed by atoms with E-state index in [1.165, 1.54) is 0 Å². The lowest BCUT2D eigenvalue weighted by atomic mass is 10.1. The minimum atomic E-state index is -0.625. The second-order valence-electron chi connectivity index (χ2n) is 5.44. The Labute approximate surface area is 139 Å². The second kappa shape index (κ2) is 6.31. The summed E-state index contributed by atoms with van der Waals surface area (Å²) in [5.41, 5.74) is 6.28. The number of morpholine rings is 1. The van der Waals surface area contributed by atoms with Crippen LogP contribution in [0, 0.1) is 0 Å². The third-order valence-electron chi connectivity index (χ3n) is 3.88. The van der Waals surface area contributed by atoms with Gasteiger partial charge in [-0.1, -0.05) is 29.3 Å². The molecule has 21 heavy (non-hydrogen) atoms. The second-order valence-corrected chi connectivity index (χ2v) is 6.25. The molecule has 1 aliphatic heterocycles. The summed E-state index contributed by atoms with van der Waals surface area (Å²) >= 11 is 11.9. The van der Waals surface area contributed by atoms with Gasteiger partial charge in [0.25, 0.3) is 0 Å². The van der Waals surface area contributed by atoms with Crippen molar-refractivity contribution in [1.82, 2.24) is 4.90 Å². The summed E-state index contributed by atoms with van der Waals surface area (Å²) in [5.74, 6) is 0.0332. The van der Waals surface area contributed by atoms with Gasteiger partial charge in [-0.15, -0.1) is 12.4 Å². The van der Waals surface area contributed by atoms with Crippen molar-refractivity contribution in [3.63, 3.8) is 0 Å². The fourth-order valence-corrected chi connectivity index (χ4v) is 2.72. The molecule has 2 N–H and O–H groups in total. The molecule has 116 valence electrons. The Hall–Kier alpha value is -0.520. The van der Waals surface area contributed by atoms with Crippen LogP contribution in [0.2, 0.25) is 10.0 Å². The Bertz CT molecular complexity index is 549. The van der Waals surface area contributed by atoms with Crippen molar-refractivity contribution in [3.05, 3.63) is 33.8 Å².